The number of rotatable bonds is 8. The maximum absolute atomic E-state index is 5.41. The van der Waals surface area contributed by atoms with Crippen LogP contribution in [0.2, 0.25) is 0 Å². The lowest BCUT2D eigenvalue weighted by molar-refractivity contribution is 0.0703. The summed E-state index contributed by atoms with van der Waals surface area (Å²) in [6.07, 6.45) is 7.00. The molecule has 0 saturated heterocycles. The van der Waals surface area contributed by atoms with E-state index in [1.54, 1.807) is 7.11 Å². The van der Waals surface area contributed by atoms with Crippen LogP contribution < -0.4 is 5.32 Å². The molecule has 1 aliphatic rings. The minimum absolute atomic E-state index is 0.533. The van der Waals surface area contributed by atoms with E-state index in [1.807, 2.05) is 0 Å². The maximum atomic E-state index is 5.41. The molecule has 1 N–H and O–H groups in total. The fraction of sp³-hybridized carbons (Fsp3) is 1.00. The Morgan fingerprint density at radius 2 is 1.81 bits per heavy atom. The zero-order chi connectivity index (χ0) is 11.7. The Morgan fingerprint density at radius 1 is 1.06 bits per heavy atom. The van der Waals surface area contributed by atoms with E-state index in [4.69, 9.17) is 9.47 Å². The maximum Gasteiger partial charge on any atom is 0.0700 e. The van der Waals surface area contributed by atoms with Gasteiger partial charge < -0.3 is 14.8 Å². The van der Waals surface area contributed by atoms with Crippen LogP contribution in [0.3, 0.4) is 0 Å². The molecule has 1 saturated carbocycles. The number of nitrogens with one attached hydrogen (secondary N) is 1. The summed E-state index contributed by atoms with van der Waals surface area (Å²) in [6.45, 7) is 6.69. The van der Waals surface area contributed by atoms with E-state index < -0.39 is 0 Å². The standard InChI is InChI=1S/C13H27NO2/c1-13(6-4-3-5-7-13)12-14-8-9-16-11-10-15-2/h14H,3-12H2,1-2H3. The average molecular weight is 229 g/mol. The van der Waals surface area contributed by atoms with Crippen LogP contribution in [0.1, 0.15) is 39.0 Å². The largest absolute Gasteiger partial charge is 0.382 e. The molecule has 0 atom stereocenters. The Balaban J connectivity index is 1.93. The Morgan fingerprint density at radius 3 is 2.50 bits per heavy atom. The van der Waals surface area contributed by atoms with Crippen molar-refractivity contribution < 1.29 is 9.47 Å². The van der Waals surface area contributed by atoms with Crippen molar-refractivity contribution in [3.8, 4) is 0 Å². The summed E-state index contributed by atoms with van der Waals surface area (Å²) < 4.78 is 10.3. The second-order valence-electron chi connectivity index (χ2n) is 5.15. The molecule has 96 valence electrons. The van der Waals surface area contributed by atoms with Gasteiger partial charge in [0.2, 0.25) is 0 Å². The van der Waals surface area contributed by atoms with E-state index >= 15 is 0 Å². The molecule has 0 aliphatic heterocycles. The van der Waals surface area contributed by atoms with Gasteiger partial charge in [0.1, 0.15) is 0 Å². The first-order chi connectivity index (χ1) is 7.77. The molecule has 0 unspecified atom stereocenters. The van der Waals surface area contributed by atoms with Crippen molar-refractivity contribution in [3.63, 3.8) is 0 Å². The molecular formula is C13H27NO2. The molecule has 3 heteroatoms. The van der Waals surface area contributed by atoms with Gasteiger partial charge in [-0.25, -0.2) is 0 Å². The lowest BCUT2D eigenvalue weighted by Gasteiger charge is -2.33. The molecule has 16 heavy (non-hydrogen) atoms. The molecule has 1 aliphatic carbocycles. The summed E-state index contributed by atoms with van der Waals surface area (Å²) in [7, 11) is 1.70. The Kier molecular flexibility index (Phi) is 7.01. The molecule has 1 rings (SSSR count). The lowest BCUT2D eigenvalue weighted by Crippen LogP contribution is -2.35. The van der Waals surface area contributed by atoms with Crippen LogP contribution in [0.4, 0.5) is 0 Å². The van der Waals surface area contributed by atoms with Crippen molar-refractivity contribution in [1.82, 2.24) is 5.32 Å². The first-order valence-corrected chi connectivity index (χ1v) is 6.54. The number of hydrogen-bond acceptors (Lipinski definition) is 3. The van der Waals surface area contributed by atoms with Crippen LogP contribution in [-0.2, 0) is 9.47 Å². The van der Waals surface area contributed by atoms with Gasteiger partial charge in [-0.3, -0.25) is 0 Å². The highest BCUT2D eigenvalue weighted by atomic mass is 16.5. The van der Waals surface area contributed by atoms with E-state index in [-0.39, 0.29) is 0 Å². The summed E-state index contributed by atoms with van der Waals surface area (Å²) >= 11 is 0. The van der Waals surface area contributed by atoms with E-state index in [2.05, 4.69) is 12.2 Å². The smallest absolute Gasteiger partial charge is 0.0700 e. The molecule has 0 aromatic rings. The van der Waals surface area contributed by atoms with Gasteiger partial charge in [0, 0.05) is 20.2 Å². The molecular weight excluding hydrogens is 202 g/mol. The number of methoxy groups -OCH3 is 1. The van der Waals surface area contributed by atoms with Gasteiger partial charge in [-0.15, -0.1) is 0 Å². The van der Waals surface area contributed by atoms with E-state index in [9.17, 15) is 0 Å². The van der Waals surface area contributed by atoms with Crippen molar-refractivity contribution in [3.05, 3.63) is 0 Å². The molecule has 3 nitrogen and oxygen atoms in total. The molecule has 1 fully saturated rings. The van der Waals surface area contributed by atoms with Gasteiger partial charge in [0.25, 0.3) is 0 Å². The highest BCUT2D eigenvalue weighted by molar-refractivity contribution is 4.80. The summed E-state index contributed by atoms with van der Waals surface area (Å²) in [5, 5.41) is 3.51. The van der Waals surface area contributed by atoms with Crippen LogP contribution in [-0.4, -0.2) is 40.0 Å². The molecule has 0 aromatic carbocycles. The summed E-state index contributed by atoms with van der Waals surface area (Å²) in [4.78, 5) is 0. The predicted molar refractivity (Wildman–Crippen MR) is 66.8 cm³/mol. The number of ether oxygens (including phenoxy) is 2. The van der Waals surface area contributed by atoms with Gasteiger partial charge in [-0.2, -0.15) is 0 Å². The normalized spacial score (nSPS) is 19.9. The number of hydrogen-bond donors (Lipinski definition) is 1. The monoisotopic (exact) mass is 229 g/mol. The lowest BCUT2D eigenvalue weighted by atomic mass is 9.76. The summed E-state index contributed by atoms with van der Waals surface area (Å²) in [6, 6.07) is 0. The van der Waals surface area contributed by atoms with Gasteiger partial charge in [0.15, 0.2) is 0 Å². The van der Waals surface area contributed by atoms with Crippen molar-refractivity contribution >= 4 is 0 Å². The Hall–Kier alpha value is -0.120. The first-order valence-electron chi connectivity index (χ1n) is 6.54. The van der Waals surface area contributed by atoms with E-state index in [1.165, 1.54) is 32.1 Å². The van der Waals surface area contributed by atoms with Crippen LogP contribution >= 0.6 is 0 Å². The Bertz CT molecular complexity index is 167. The zero-order valence-corrected chi connectivity index (χ0v) is 10.9. The topological polar surface area (TPSA) is 30.5 Å². The van der Waals surface area contributed by atoms with Crippen molar-refractivity contribution in [2.24, 2.45) is 5.41 Å². The average Bonchev–Trinajstić information content (AvgIpc) is 2.29. The second kappa shape index (κ2) is 8.04. The minimum Gasteiger partial charge on any atom is -0.382 e. The molecule has 0 spiro atoms. The van der Waals surface area contributed by atoms with Gasteiger partial charge >= 0.3 is 0 Å². The predicted octanol–water partition coefficient (Wildman–Crippen LogP) is 2.21. The third-order valence-corrected chi connectivity index (χ3v) is 3.47. The van der Waals surface area contributed by atoms with Crippen molar-refractivity contribution in [2.45, 2.75) is 39.0 Å². The van der Waals surface area contributed by atoms with Crippen molar-refractivity contribution in [1.29, 1.82) is 0 Å². The molecule has 0 bridgehead atoms. The highest BCUT2D eigenvalue weighted by Crippen LogP contribution is 2.34. The highest BCUT2D eigenvalue weighted by Gasteiger charge is 2.25. The van der Waals surface area contributed by atoms with Crippen LogP contribution in [0.5, 0.6) is 0 Å². The third kappa shape index (κ3) is 5.83. The van der Waals surface area contributed by atoms with Gasteiger partial charge in [-0.1, -0.05) is 26.2 Å². The van der Waals surface area contributed by atoms with E-state index in [0.29, 0.717) is 18.6 Å². The quantitative estimate of drug-likeness (QED) is 0.647. The van der Waals surface area contributed by atoms with Crippen LogP contribution in [0.25, 0.3) is 0 Å². The zero-order valence-electron chi connectivity index (χ0n) is 10.9. The van der Waals surface area contributed by atoms with E-state index in [0.717, 1.165) is 19.7 Å². The fourth-order valence-electron chi connectivity index (χ4n) is 2.36. The summed E-state index contributed by atoms with van der Waals surface area (Å²) in [5.74, 6) is 0. The molecule has 0 aromatic heterocycles. The molecule has 0 amide bonds. The summed E-state index contributed by atoms with van der Waals surface area (Å²) in [5.41, 5.74) is 0.533. The second-order valence-corrected chi connectivity index (χ2v) is 5.15. The van der Waals surface area contributed by atoms with Crippen LogP contribution in [0.15, 0.2) is 0 Å². The van der Waals surface area contributed by atoms with Gasteiger partial charge in [0.05, 0.1) is 19.8 Å². The van der Waals surface area contributed by atoms with Crippen molar-refractivity contribution in [2.75, 3.05) is 40.0 Å². The Labute approximate surface area is 99.9 Å². The minimum atomic E-state index is 0.533. The first kappa shape index (κ1) is 13.9. The van der Waals surface area contributed by atoms with Gasteiger partial charge in [-0.05, 0) is 18.3 Å². The SMILES string of the molecule is COCCOCCNCC1(C)CCCCC1. The fourth-order valence-corrected chi connectivity index (χ4v) is 2.36. The third-order valence-electron chi connectivity index (χ3n) is 3.47. The molecule has 0 heterocycles. The molecule has 0 radical (unpaired) electrons. The van der Waals surface area contributed by atoms with Crippen LogP contribution in [0, 0.1) is 5.41 Å².